The third-order valence-electron chi connectivity index (χ3n) is 4.06. The van der Waals surface area contributed by atoms with Crippen molar-refractivity contribution in [1.29, 1.82) is 0 Å². The molecule has 0 saturated heterocycles. The minimum Gasteiger partial charge on any atom is -0.489 e. The Bertz CT molecular complexity index is 811. The number of aliphatic imine (C=N–C) groups is 1. The highest BCUT2D eigenvalue weighted by Crippen LogP contribution is 2.17. The van der Waals surface area contributed by atoms with Gasteiger partial charge in [0, 0.05) is 37.8 Å². The Morgan fingerprint density at radius 1 is 1.14 bits per heavy atom. The van der Waals surface area contributed by atoms with Crippen LogP contribution in [0.3, 0.4) is 0 Å². The molecule has 7 heteroatoms. The van der Waals surface area contributed by atoms with Crippen molar-refractivity contribution in [2.75, 3.05) is 27.7 Å². The Morgan fingerprint density at radius 3 is 2.55 bits per heavy atom. The molecule has 29 heavy (non-hydrogen) atoms. The summed E-state index contributed by atoms with van der Waals surface area (Å²) in [6.45, 7) is 5.83. The summed E-state index contributed by atoms with van der Waals surface area (Å²) in [7, 11) is 5.57. The van der Waals surface area contributed by atoms with E-state index in [-0.39, 0.29) is 29.8 Å². The van der Waals surface area contributed by atoms with E-state index in [1.54, 1.807) is 19.2 Å². The SMILES string of the molecule is C=CCOc1ccccc1CNC(=NC)NCc1ccc(F)c(CN(C)C)c1.I. The van der Waals surface area contributed by atoms with Crippen LogP contribution < -0.4 is 15.4 Å². The van der Waals surface area contributed by atoms with Crippen molar-refractivity contribution in [3.05, 3.63) is 77.6 Å². The minimum atomic E-state index is -0.184. The molecule has 0 atom stereocenters. The summed E-state index contributed by atoms with van der Waals surface area (Å²) in [5.41, 5.74) is 2.71. The summed E-state index contributed by atoms with van der Waals surface area (Å²) in [6, 6.07) is 13.0. The lowest BCUT2D eigenvalue weighted by atomic mass is 10.1. The van der Waals surface area contributed by atoms with E-state index in [2.05, 4.69) is 22.2 Å². The zero-order valence-electron chi connectivity index (χ0n) is 17.2. The second kappa shape index (κ2) is 13.2. The number of para-hydroxylation sites is 1. The van der Waals surface area contributed by atoms with Crippen LogP contribution >= 0.6 is 24.0 Å². The van der Waals surface area contributed by atoms with Crippen LogP contribution in [0.5, 0.6) is 5.75 Å². The third kappa shape index (κ3) is 8.41. The van der Waals surface area contributed by atoms with Crippen molar-refractivity contribution in [1.82, 2.24) is 15.5 Å². The van der Waals surface area contributed by atoms with Crippen LogP contribution in [-0.4, -0.2) is 38.6 Å². The first-order valence-electron chi connectivity index (χ1n) is 9.21. The number of halogens is 2. The van der Waals surface area contributed by atoms with Crippen molar-refractivity contribution in [2.45, 2.75) is 19.6 Å². The van der Waals surface area contributed by atoms with Gasteiger partial charge in [-0.2, -0.15) is 0 Å². The monoisotopic (exact) mass is 512 g/mol. The van der Waals surface area contributed by atoms with Crippen LogP contribution in [0, 0.1) is 5.82 Å². The van der Waals surface area contributed by atoms with Gasteiger partial charge in [0.25, 0.3) is 0 Å². The fourth-order valence-electron chi connectivity index (χ4n) is 2.72. The van der Waals surface area contributed by atoms with Crippen molar-refractivity contribution in [2.24, 2.45) is 4.99 Å². The van der Waals surface area contributed by atoms with Gasteiger partial charge in [-0.05, 0) is 37.9 Å². The average Bonchev–Trinajstić information content (AvgIpc) is 2.69. The van der Waals surface area contributed by atoms with Gasteiger partial charge >= 0.3 is 0 Å². The number of hydrogen-bond donors (Lipinski definition) is 2. The maximum absolute atomic E-state index is 13.9. The maximum Gasteiger partial charge on any atom is 0.191 e. The molecule has 0 saturated carbocycles. The van der Waals surface area contributed by atoms with E-state index in [1.165, 1.54) is 6.07 Å². The van der Waals surface area contributed by atoms with Crippen LogP contribution in [0.2, 0.25) is 0 Å². The molecule has 0 spiro atoms. The van der Waals surface area contributed by atoms with Crippen molar-refractivity contribution < 1.29 is 9.13 Å². The number of nitrogens with zero attached hydrogens (tertiary/aromatic N) is 2. The molecule has 0 unspecified atom stereocenters. The molecule has 0 aliphatic carbocycles. The molecular formula is C22H30FIN4O. The van der Waals surface area contributed by atoms with Crippen LogP contribution in [0.25, 0.3) is 0 Å². The molecule has 2 aromatic rings. The smallest absolute Gasteiger partial charge is 0.191 e. The Hall–Kier alpha value is -2.13. The van der Waals surface area contributed by atoms with Crippen LogP contribution in [0.4, 0.5) is 4.39 Å². The number of guanidine groups is 1. The van der Waals surface area contributed by atoms with Crippen molar-refractivity contribution in [3.8, 4) is 5.75 Å². The van der Waals surface area contributed by atoms with Gasteiger partial charge in [0.2, 0.25) is 0 Å². The number of hydrogen-bond acceptors (Lipinski definition) is 3. The average molecular weight is 512 g/mol. The van der Waals surface area contributed by atoms with Crippen LogP contribution in [-0.2, 0) is 19.6 Å². The first kappa shape index (κ1) is 24.9. The van der Waals surface area contributed by atoms with E-state index in [0.717, 1.165) is 16.9 Å². The highest BCUT2D eigenvalue weighted by atomic mass is 127. The van der Waals surface area contributed by atoms with E-state index < -0.39 is 0 Å². The lowest BCUT2D eigenvalue weighted by molar-refractivity contribution is 0.358. The lowest BCUT2D eigenvalue weighted by Crippen LogP contribution is -2.36. The topological polar surface area (TPSA) is 48.9 Å². The van der Waals surface area contributed by atoms with Gasteiger partial charge in [-0.3, -0.25) is 4.99 Å². The maximum atomic E-state index is 13.9. The van der Waals surface area contributed by atoms with E-state index in [1.807, 2.05) is 49.3 Å². The first-order chi connectivity index (χ1) is 13.5. The Balaban J connectivity index is 0.00000420. The molecule has 0 heterocycles. The molecule has 158 valence electrons. The zero-order chi connectivity index (χ0) is 20.4. The van der Waals surface area contributed by atoms with Gasteiger partial charge in [0.1, 0.15) is 18.2 Å². The molecule has 0 amide bonds. The van der Waals surface area contributed by atoms with Gasteiger partial charge in [0.15, 0.2) is 5.96 Å². The summed E-state index contributed by atoms with van der Waals surface area (Å²) in [5, 5.41) is 6.55. The molecule has 0 fully saturated rings. The van der Waals surface area contributed by atoms with E-state index in [4.69, 9.17) is 4.74 Å². The summed E-state index contributed by atoms with van der Waals surface area (Å²) in [5.74, 6) is 1.30. The van der Waals surface area contributed by atoms with Gasteiger partial charge in [-0.15, -0.1) is 24.0 Å². The largest absolute Gasteiger partial charge is 0.489 e. The number of nitrogens with one attached hydrogen (secondary N) is 2. The van der Waals surface area contributed by atoms with E-state index in [9.17, 15) is 4.39 Å². The first-order valence-corrected chi connectivity index (χ1v) is 9.21. The third-order valence-corrected chi connectivity index (χ3v) is 4.06. The molecule has 2 rings (SSSR count). The predicted octanol–water partition coefficient (Wildman–Crippen LogP) is 3.94. The normalized spacial score (nSPS) is 11.0. The Labute approximate surface area is 190 Å². The minimum absolute atomic E-state index is 0. The molecule has 0 aromatic heterocycles. The number of ether oxygens (including phenoxy) is 1. The second-order valence-electron chi connectivity index (χ2n) is 6.65. The molecule has 2 N–H and O–H groups in total. The highest BCUT2D eigenvalue weighted by molar-refractivity contribution is 14.0. The van der Waals surface area contributed by atoms with Gasteiger partial charge < -0.3 is 20.3 Å². The van der Waals surface area contributed by atoms with Gasteiger partial charge in [0.05, 0.1) is 0 Å². The Kier molecular flexibility index (Phi) is 11.3. The lowest BCUT2D eigenvalue weighted by Gasteiger charge is -2.15. The Morgan fingerprint density at radius 2 is 1.86 bits per heavy atom. The standard InChI is InChI=1S/C22H29FN4O.HI/c1-5-12-28-21-9-7-6-8-18(21)15-26-22(24-2)25-14-17-10-11-20(23)19(13-17)16-27(3)4;/h5-11,13H,1,12,14-16H2,2-4H3,(H2,24,25,26);1H. The van der Waals surface area contributed by atoms with E-state index in [0.29, 0.717) is 37.8 Å². The second-order valence-corrected chi connectivity index (χ2v) is 6.65. The zero-order valence-corrected chi connectivity index (χ0v) is 19.6. The van der Waals surface area contributed by atoms with Crippen LogP contribution in [0.15, 0.2) is 60.1 Å². The van der Waals surface area contributed by atoms with Crippen molar-refractivity contribution in [3.63, 3.8) is 0 Å². The summed E-state index contributed by atoms with van der Waals surface area (Å²) in [4.78, 5) is 6.20. The fraction of sp³-hybridized carbons (Fsp3) is 0.318. The fourth-order valence-corrected chi connectivity index (χ4v) is 2.72. The number of rotatable bonds is 9. The van der Waals surface area contributed by atoms with Crippen LogP contribution in [0.1, 0.15) is 16.7 Å². The van der Waals surface area contributed by atoms with E-state index >= 15 is 0 Å². The van der Waals surface area contributed by atoms with Gasteiger partial charge in [-0.25, -0.2) is 4.39 Å². The molecule has 2 aromatic carbocycles. The molecule has 0 aliphatic heterocycles. The summed E-state index contributed by atoms with van der Waals surface area (Å²) >= 11 is 0. The summed E-state index contributed by atoms with van der Waals surface area (Å²) in [6.07, 6.45) is 1.72. The highest BCUT2D eigenvalue weighted by Gasteiger charge is 2.07. The van der Waals surface area contributed by atoms with Crippen molar-refractivity contribution >= 4 is 29.9 Å². The molecule has 0 aliphatic rings. The summed E-state index contributed by atoms with van der Waals surface area (Å²) < 4.78 is 19.6. The van der Waals surface area contributed by atoms with Gasteiger partial charge in [-0.1, -0.05) is 36.9 Å². The molecule has 5 nitrogen and oxygen atoms in total. The quantitative estimate of drug-likeness (QED) is 0.232. The molecular weight excluding hydrogens is 482 g/mol. The molecule has 0 bridgehead atoms. The number of benzene rings is 2. The molecule has 0 radical (unpaired) electrons. The predicted molar refractivity (Wildman–Crippen MR) is 128 cm³/mol.